The van der Waals surface area contributed by atoms with Crippen LogP contribution in [0.4, 0.5) is 8.78 Å². The minimum Gasteiger partial charge on any atom is -0.490 e. The molecule has 0 aliphatic carbocycles. The molecule has 5 nitrogen and oxygen atoms in total. The Hall–Kier alpha value is -1.89. The molecule has 1 aromatic carbocycles. The number of halogens is 2. The summed E-state index contributed by atoms with van der Waals surface area (Å²) in [7, 11) is 0. The molecule has 1 rings (SSSR count). The van der Waals surface area contributed by atoms with Gasteiger partial charge in [0.25, 0.3) is 0 Å². The zero-order valence-corrected chi connectivity index (χ0v) is 11.8. The van der Waals surface area contributed by atoms with Gasteiger partial charge in [-0.3, -0.25) is 4.79 Å². The predicted octanol–water partition coefficient (Wildman–Crippen LogP) is 2.83. The average molecular weight is 304 g/mol. The Morgan fingerprint density at radius 1 is 1.33 bits per heavy atom. The number of hydrogen-bond donors (Lipinski definition) is 2. The number of carboxylic acid groups (broad SMARTS) is 1. The minimum absolute atomic E-state index is 0.0804. The number of hydrogen-bond acceptors (Lipinski definition) is 4. The minimum atomic E-state index is -2.98. The first-order chi connectivity index (χ1) is 9.85. The molecule has 2 atom stereocenters. The van der Waals surface area contributed by atoms with Gasteiger partial charge in [0.15, 0.2) is 11.5 Å². The summed E-state index contributed by atoms with van der Waals surface area (Å²) in [5.74, 6) is -1.60. The first kappa shape index (κ1) is 17.2. The maximum atomic E-state index is 12.3. The van der Waals surface area contributed by atoms with Crippen molar-refractivity contribution in [3.05, 3.63) is 23.8 Å². The molecule has 0 bridgehead atoms. The number of alkyl halides is 2. The SMILES string of the molecule is CCOc1cc(C(O)C(C)CC(=O)O)ccc1OC(F)F. The Balaban J connectivity index is 2.98. The van der Waals surface area contributed by atoms with Crippen LogP contribution in [0, 0.1) is 5.92 Å². The zero-order chi connectivity index (χ0) is 16.0. The van der Waals surface area contributed by atoms with Crippen molar-refractivity contribution in [2.45, 2.75) is 33.0 Å². The van der Waals surface area contributed by atoms with E-state index < -0.39 is 24.6 Å². The molecule has 0 aromatic heterocycles. The van der Waals surface area contributed by atoms with Crippen LogP contribution in [0.15, 0.2) is 18.2 Å². The largest absolute Gasteiger partial charge is 0.490 e. The van der Waals surface area contributed by atoms with Gasteiger partial charge in [0, 0.05) is 0 Å². The van der Waals surface area contributed by atoms with Crippen LogP contribution in [-0.2, 0) is 4.79 Å². The first-order valence-electron chi connectivity index (χ1n) is 6.46. The van der Waals surface area contributed by atoms with Crippen LogP contribution in [0.3, 0.4) is 0 Å². The molecule has 0 amide bonds. The molecular weight excluding hydrogens is 286 g/mol. The van der Waals surface area contributed by atoms with Crippen molar-refractivity contribution >= 4 is 5.97 Å². The van der Waals surface area contributed by atoms with Crippen molar-refractivity contribution in [3.8, 4) is 11.5 Å². The molecule has 118 valence electrons. The number of aliphatic hydroxyl groups is 1. The summed E-state index contributed by atoms with van der Waals surface area (Å²) in [5.41, 5.74) is 0.383. The number of aliphatic hydroxyl groups excluding tert-OH is 1. The second-order valence-corrected chi connectivity index (χ2v) is 4.54. The van der Waals surface area contributed by atoms with Crippen LogP contribution in [0.2, 0.25) is 0 Å². The number of aliphatic carboxylic acids is 1. The molecule has 2 unspecified atom stereocenters. The molecule has 0 aliphatic rings. The lowest BCUT2D eigenvalue weighted by atomic mass is 9.94. The molecule has 21 heavy (non-hydrogen) atoms. The van der Waals surface area contributed by atoms with Gasteiger partial charge >= 0.3 is 12.6 Å². The van der Waals surface area contributed by atoms with Gasteiger partial charge in [0.2, 0.25) is 0 Å². The van der Waals surface area contributed by atoms with E-state index in [1.165, 1.54) is 18.2 Å². The van der Waals surface area contributed by atoms with E-state index in [1.54, 1.807) is 13.8 Å². The molecule has 2 N–H and O–H groups in total. The van der Waals surface area contributed by atoms with E-state index in [9.17, 15) is 18.7 Å². The molecule has 0 heterocycles. The van der Waals surface area contributed by atoms with Gasteiger partial charge in [-0.15, -0.1) is 0 Å². The standard InChI is InChI=1S/C14H18F2O5/c1-3-20-11-7-9(4-5-10(11)21-14(15)16)13(19)8(2)6-12(17)18/h4-5,7-8,13-14,19H,3,6H2,1-2H3,(H,17,18). The monoisotopic (exact) mass is 304 g/mol. The molecular formula is C14H18F2O5. The first-order valence-corrected chi connectivity index (χ1v) is 6.46. The van der Waals surface area contributed by atoms with E-state index in [2.05, 4.69) is 4.74 Å². The van der Waals surface area contributed by atoms with Gasteiger partial charge in [-0.05, 0) is 30.5 Å². The molecule has 0 aliphatic heterocycles. The van der Waals surface area contributed by atoms with Crippen LogP contribution >= 0.6 is 0 Å². The second-order valence-electron chi connectivity index (χ2n) is 4.54. The Bertz CT molecular complexity index is 478. The molecule has 0 fully saturated rings. The van der Waals surface area contributed by atoms with Gasteiger partial charge in [-0.1, -0.05) is 13.0 Å². The lowest BCUT2D eigenvalue weighted by Gasteiger charge is -2.19. The van der Waals surface area contributed by atoms with E-state index in [0.717, 1.165) is 0 Å². The number of carbonyl (C=O) groups is 1. The Labute approximate surface area is 121 Å². The third-order valence-electron chi connectivity index (χ3n) is 2.86. The Morgan fingerprint density at radius 2 is 2.00 bits per heavy atom. The van der Waals surface area contributed by atoms with Crippen molar-refractivity contribution < 1.29 is 33.3 Å². The van der Waals surface area contributed by atoms with Crippen molar-refractivity contribution in [2.75, 3.05) is 6.61 Å². The summed E-state index contributed by atoms with van der Waals surface area (Å²) in [6.07, 6.45) is -1.25. The van der Waals surface area contributed by atoms with Crippen LogP contribution < -0.4 is 9.47 Å². The van der Waals surface area contributed by atoms with Crippen LogP contribution in [0.5, 0.6) is 11.5 Å². The normalized spacial score (nSPS) is 13.8. The lowest BCUT2D eigenvalue weighted by molar-refractivity contribution is -0.139. The molecule has 0 spiro atoms. The van der Waals surface area contributed by atoms with Crippen LogP contribution in [0.1, 0.15) is 31.9 Å². The summed E-state index contributed by atoms with van der Waals surface area (Å²) < 4.78 is 34.1. The Morgan fingerprint density at radius 3 is 2.52 bits per heavy atom. The van der Waals surface area contributed by atoms with Gasteiger partial charge in [0.05, 0.1) is 19.1 Å². The van der Waals surface area contributed by atoms with E-state index >= 15 is 0 Å². The highest BCUT2D eigenvalue weighted by molar-refractivity contribution is 5.67. The smallest absolute Gasteiger partial charge is 0.387 e. The Kier molecular flexibility index (Phi) is 6.36. The highest BCUT2D eigenvalue weighted by Crippen LogP contribution is 2.34. The van der Waals surface area contributed by atoms with Crippen molar-refractivity contribution in [1.82, 2.24) is 0 Å². The summed E-state index contributed by atoms with van der Waals surface area (Å²) in [4.78, 5) is 10.7. The molecule has 7 heteroatoms. The fraction of sp³-hybridized carbons (Fsp3) is 0.500. The van der Waals surface area contributed by atoms with E-state index in [-0.39, 0.29) is 24.5 Å². The fourth-order valence-electron chi connectivity index (χ4n) is 1.89. The maximum absolute atomic E-state index is 12.3. The lowest BCUT2D eigenvalue weighted by Crippen LogP contribution is -2.14. The highest BCUT2D eigenvalue weighted by Gasteiger charge is 2.21. The van der Waals surface area contributed by atoms with Gasteiger partial charge in [-0.2, -0.15) is 8.78 Å². The molecule has 1 aromatic rings. The third kappa shape index (κ3) is 5.18. The summed E-state index contributed by atoms with van der Waals surface area (Å²) in [6, 6.07) is 4.05. The van der Waals surface area contributed by atoms with Gasteiger partial charge < -0.3 is 19.7 Å². The summed E-state index contributed by atoms with van der Waals surface area (Å²) in [5, 5.41) is 18.8. The van der Waals surface area contributed by atoms with Gasteiger partial charge in [-0.25, -0.2) is 0 Å². The quantitative estimate of drug-likeness (QED) is 0.772. The number of ether oxygens (including phenoxy) is 2. The van der Waals surface area contributed by atoms with Crippen molar-refractivity contribution in [2.24, 2.45) is 5.92 Å². The maximum Gasteiger partial charge on any atom is 0.387 e. The number of carboxylic acids is 1. The van der Waals surface area contributed by atoms with Gasteiger partial charge in [0.1, 0.15) is 0 Å². The molecule has 0 saturated heterocycles. The third-order valence-corrected chi connectivity index (χ3v) is 2.86. The zero-order valence-electron chi connectivity index (χ0n) is 11.8. The predicted molar refractivity (Wildman–Crippen MR) is 70.6 cm³/mol. The fourth-order valence-corrected chi connectivity index (χ4v) is 1.89. The average Bonchev–Trinajstić information content (AvgIpc) is 2.38. The topological polar surface area (TPSA) is 76.0 Å². The number of benzene rings is 1. The van der Waals surface area contributed by atoms with Crippen molar-refractivity contribution in [3.63, 3.8) is 0 Å². The molecule has 0 radical (unpaired) electrons. The van der Waals surface area contributed by atoms with E-state index in [4.69, 9.17) is 9.84 Å². The second kappa shape index (κ2) is 7.78. The van der Waals surface area contributed by atoms with Crippen molar-refractivity contribution in [1.29, 1.82) is 0 Å². The summed E-state index contributed by atoms with van der Waals surface area (Å²) >= 11 is 0. The number of rotatable bonds is 8. The van der Waals surface area contributed by atoms with Crippen LogP contribution in [0.25, 0.3) is 0 Å². The highest BCUT2D eigenvalue weighted by atomic mass is 19.3. The van der Waals surface area contributed by atoms with E-state index in [1.807, 2.05) is 0 Å². The van der Waals surface area contributed by atoms with Crippen LogP contribution in [-0.4, -0.2) is 29.4 Å². The van der Waals surface area contributed by atoms with E-state index in [0.29, 0.717) is 5.56 Å². The summed E-state index contributed by atoms with van der Waals surface area (Å²) in [6.45, 7) is 0.528. The molecule has 0 saturated carbocycles.